The van der Waals surface area contributed by atoms with Crippen LogP contribution in [0.25, 0.3) is 0 Å². The van der Waals surface area contributed by atoms with Crippen LogP contribution in [0, 0.1) is 5.41 Å². The molecule has 1 unspecified atom stereocenters. The maximum Gasteiger partial charge on any atom is 0.270 e. The minimum Gasteiger partial charge on any atom is -0.343 e. The third kappa shape index (κ3) is 2.28. The Bertz CT molecular complexity index is 936. The Labute approximate surface area is 147 Å². The lowest BCUT2D eigenvalue weighted by Gasteiger charge is -2.38. The smallest absolute Gasteiger partial charge is 0.270 e. The molecular formula is C18H18BrN3O2. The van der Waals surface area contributed by atoms with Gasteiger partial charge in [0.2, 0.25) is 0 Å². The zero-order valence-electron chi connectivity index (χ0n) is 13.5. The predicted molar refractivity (Wildman–Crippen MR) is 96.1 cm³/mol. The average Bonchev–Trinajstić information content (AvgIpc) is 2.86. The summed E-state index contributed by atoms with van der Waals surface area (Å²) in [4.78, 5) is 25.3. The molecule has 5 nitrogen and oxygen atoms in total. The molecule has 1 aromatic carbocycles. The van der Waals surface area contributed by atoms with E-state index in [2.05, 4.69) is 45.3 Å². The number of rotatable bonds is 1. The monoisotopic (exact) mass is 387 g/mol. The SMILES string of the molecule is CC1(C)CC(=O)C2=C(C1)Nc1[nH][nH]c(=O)c1C2c1ccccc1Br. The Morgan fingerprint density at radius 3 is 2.62 bits per heavy atom. The number of benzene rings is 1. The van der Waals surface area contributed by atoms with Gasteiger partial charge in [-0.05, 0) is 23.5 Å². The molecule has 24 heavy (non-hydrogen) atoms. The van der Waals surface area contributed by atoms with Crippen LogP contribution in [0.5, 0.6) is 0 Å². The van der Waals surface area contributed by atoms with E-state index in [0.717, 1.165) is 27.7 Å². The molecule has 1 aromatic heterocycles. The van der Waals surface area contributed by atoms with Crippen LogP contribution in [0.2, 0.25) is 0 Å². The number of Topliss-reactive ketones (excluding diaryl/α,β-unsaturated/α-hetero) is 1. The van der Waals surface area contributed by atoms with E-state index in [4.69, 9.17) is 0 Å². The number of H-pyrrole nitrogens is 2. The first-order valence-corrected chi connectivity index (χ1v) is 8.75. The zero-order valence-corrected chi connectivity index (χ0v) is 15.1. The van der Waals surface area contributed by atoms with Crippen molar-refractivity contribution in [3.05, 3.63) is 61.5 Å². The van der Waals surface area contributed by atoms with Gasteiger partial charge in [-0.25, -0.2) is 0 Å². The number of carbonyl (C=O) groups excluding carboxylic acids is 1. The van der Waals surface area contributed by atoms with Gasteiger partial charge in [0.25, 0.3) is 5.56 Å². The van der Waals surface area contributed by atoms with Gasteiger partial charge in [-0.2, -0.15) is 0 Å². The average molecular weight is 388 g/mol. The summed E-state index contributed by atoms with van der Waals surface area (Å²) in [5.41, 5.74) is 2.87. The van der Waals surface area contributed by atoms with E-state index in [1.165, 1.54) is 0 Å². The van der Waals surface area contributed by atoms with Gasteiger partial charge in [-0.1, -0.05) is 48.0 Å². The second kappa shape index (κ2) is 5.21. The molecule has 2 aromatic rings. The summed E-state index contributed by atoms with van der Waals surface area (Å²) in [6, 6.07) is 7.77. The summed E-state index contributed by atoms with van der Waals surface area (Å²) in [7, 11) is 0. The topological polar surface area (TPSA) is 77.8 Å². The highest BCUT2D eigenvalue weighted by atomic mass is 79.9. The normalized spacial score (nSPS) is 22.0. The molecule has 0 saturated heterocycles. The number of ketones is 1. The van der Waals surface area contributed by atoms with Crippen molar-refractivity contribution in [2.24, 2.45) is 5.41 Å². The van der Waals surface area contributed by atoms with Crippen molar-refractivity contribution in [3.8, 4) is 0 Å². The fourth-order valence-electron chi connectivity index (χ4n) is 3.84. The van der Waals surface area contributed by atoms with E-state index in [1.807, 2.05) is 24.3 Å². The second-order valence-electron chi connectivity index (χ2n) is 7.28. The molecule has 2 aliphatic rings. The van der Waals surface area contributed by atoms with Gasteiger partial charge in [0, 0.05) is 28.1 Å². The van der Waals surface area contributed by atoms with Crippen LogP contribution in [-0.2, 0) is 4.79 Å². The fourth-order valence-corrected chi connectivity index (χ4v) is 4.35. The highest BCUT2D eigenvalue weighted by Crippen LogP contribution is 2.48. The summed E-state index contributed by atoms with van der Waals surface area (Å²) in [5, 5.41) is 8.84. The molecular weight excluding hydrogens is 370 g/mol. The van der Waals surface area contributed by atoms with Crippen LogP contribution >= 0.6 is 15.9 Å². The van der Waals surface area contributed by atoms with Crippen molar-refractivity contribution in [2.75, 3.05) is 5.32 Å². The number of fused-ring (bicyclic) bond motifs is 1. The van der Waals surface area contributed by atoms with Gasteiger partial charge in [-0.3, -0.25) is 19.8 Å². The maximum absolute atomic E-state index is 12.9. The molecule has 1 aliphatic carbocycles. The number of allylic oxidation sites excluding steroid dienone is 2. The highest BCUT2D eigenvalue weighted by molar-refractivity contribution is 9.10. The van der Waals surface area contributed by atoms with Gasteiger partial charge in [0.05, 0.1) is 5.56 Å². The summed E-state index contributed by atoms with van der Waals surface area (Å²) >= 11 is 3.58. The van der Waals surface area contributed by atoms with Crippen molar-refractivity contribution in [1.82, 2.24) is 10.2 Å². The van der Waals surface area contributed by atoms with Gasteiger partial charge >= 0.3 is 0 Å². The molecule has 0 saturated carbocycles. The number of aromatic amines is 2. The summed E-state index contributed by atoms with van der Waals surface area (Å²) in [6.07, 6.45) is 1.27. The molecule has 1 atom stereocenters. The molecule has 4 rings (SSSR count). The van der Waals surface area contributed by atoms with Crippen LogP contribution in [0.1, 0.15) is 43.7 Å². The maximum atomic E-state index is 12.9. The fraction of sp³-hybridized carbons (Fsp3) is 0.333. The highest BCUT2D eigenvalue weighted by Gasteiger charge is 2.42. The van der Waals surface area contributed by atoms with E-state index >= 15 is 0 Å². The first-order chi connectivity index (χ1) is 11.4. The summed E-state index contributed by atoms with van der Waals surface area (Å²) in [6.45, 7) is 4.19. The van der Waals surface area contributed by atoms with E-state index in [0.29, 0.717) is 17.8 Å². The van der Waals surface area contributed by atoms with Gasteiger partial charge in [-0.15, -0.1) is 0 Å². The molecule has 6 heteroatoms. The molecule has 0 radical (unpaired) electrons. The zero-order chi connectivity index (χ0) is 17.1. The van der Waals surface area contributed by atoms with Crippen LogP contribution in [0.3, 0.4) is 0 Å². The van der Waals surface area contributed by atoms with Gasteiger partial charge in [0.1, 0.15) is 5.82 Å². The Morgan fingerprint density at radius 1 is 1.12 bits per heavy atom. The lowest BCUT2D eigenvalue weighted by molar-refractivity contribution is -0.118. The molecule has 0 bridgehead atoms. The lowest BCUT2D eigenvalue weighted by atomic mass is 9.69. The molecule has 1 aliphatic heterocycles. The van der Waals surface area contributed by atoms with Crippen LogP contribution in [0.15, 0.2) is 44.8 Å². The van der Waals surface area contributed by atoms with Crippen LogP contribution < -0.4 is 10.9 Å². The molecule has 124 valence electrons. The number of halogens is 1. The van der Waals surface area contributed by atoms with Crippen molar-refractivity contribution < 1.29 is 4.79 Å². The predicted octanol–water partition coefficient (Wildman–Crippen LogP) is 3.67. The summed E-state index contributed by atoms with van der Waals surface area (Å²) in [5.74, 6) is 0.413. The Kier molecular flexibility index (Phi) is 3.35. The van der Waals surface area contributed by atoms with E-state index in [-0.39, 0.29) is 22.7 Å². The Morgan fingerprint density at radius 2 is 1.88 bits per heavy atom. The number of nitrogens with one attached hydrogen (secondary N) is 3. The van der Waals surface area contributed by atoms with Crippen molar-refractivity contribution >= 4 is 27.5 Å². The largest absolute Gasteiger partial charge is 0.343 e. The number of hydrogen-bond donors (Lipinski definition) is 3. The Balaban J connectivity index is 1.99. The van der Waals surface area contributed by atoms with Gasteiger partial charge in [0.15, 0.2) is 5.78 Å². The van der Waals surface area contributed by atoms with E-state index in [9.17, 15) is 9.59 Å². The first-order valence-electron chi connectivity index (χ1n) is 7.95. The van der Waals surface area contributed by atoms with Crippen LogP contribution in [-0.4, -0.2) is 16.0 Å². The van der Waals surface area contributed by atoms with Crippen molar-refractivity contribution in [3.63, 3.8) is 0 Å². The first kappa shape index (κ1) is 15.4. The molecule has 3 N–H and O–H groups in total. The second-order valence-corrected chi connectivity index (χ2v) is 8.13. The number of aromatic nitrogens is 2. The molecule has 0 spiro atoms. The molecule has 0 amide bonds. The Hall–Kier alpha value is -2.08. The number of anilines is 1. The molecule has 2 heterocycles. The van der Waals surface area contributed by atoms with E-state index in [1.54, 1.807) is 0 Å². The standard InChI is InChI=1S/C18H18BrN3O2/c1-18(2)7-11-14(12(23)8-18)13(9-5-3-4-6-10(9)19)15-16(20-11)21-22-17(15)24/h3-6,13H,7-8H2,1-2H3,(H3,20,21,22,24). The third-order valence-corrected chi connectivity index (χ3v) is 5.53. The van der Waals surface area contributed by atoms with Crippen molar-refractivity contribution in [2.45, 2.75) is 32.6 Å². The minimum atomic E-state index is -0.356. The third-order valence-electron chi connectivity index (χ3n) is 4.80. The number of hydrogen-bond acceptors (Lipinski definition) is 3. The minimum absolute atomic E-state index is 0.0878. The van der Waals surface area contributed by atoms with Gasteiger partial charge < -0.3 is 5.32 Å². The summed E-state index contributed by atoms with van der Waals surface area (Å²) < 4.78 is 0.896. The quantitative estimate of drug-likeness (QED) is 0.698. The van der Waals surface area contributed by atoms with Crippen molar-refractivity contribution in [1.29, 1.82) is 0 Å². The number of carbonyl (C=O) groups is 1. The lowest BCUT2D eigenvalue weighted by Crippen LogP contribution is -2.35. The molecule has 0 fully saturated rings. The van der Waals surface area contributed by atoms with Crippen LogP contribution in [0.4, 0.5) is 5.82 Å². The van der Waals surface area contributed by atoms with E-state index < -0.39 is 0 Å².